The van der Waals surface area contributed by atoms with Gasteiger partial charge in [-0.25, -0.2) is 4.39 Å². The smallest absolute Gasteiger partial charge is 0.178 e. The quantitative estimate of drug-likeness (QED) is 0.743. The highest BCUT2D eigenvalue weighted by atomic mass is 35.5. The number of hydrogen-bond acceptors (Lipinski definition) is 3. The number of H-pyrrole nitrogens is 1. The largest absolute Gasteiger partial charge is 0.334 e. The van der Waals surface area contributed by atoms with Gasteiger partial charge in [-0.15, -0.1) is 0 Å². The topological polar surface area (TPSA) is 53.6 Å². The average molecular weight is 263 g/mol. The summed E-state index contributed by atoms with van der Waals surface area (Å²) in [5.74, 6) is 0.0678. The SMILES string of the molecule is Fc1ccc(Cl)cc1Nc1n[nH]c2cccnc12. The number of aromatic nitrogens is 3. The Bertz CT molecular complexity index is 710. The van der Waals surface area contributed by atoms with E-state index in [2.05, 4.69) is 20.5 Å². The molecular weight excluding hydrogens is 255 g/mol. The lowest BCUT2D eigenvalue weighted by Gasteiger charge is -2.04. The first-order valence-electron chi connectivity index (χ1n) is 5.25. The molecule has 2 N–H and O–H groups in total. The molecule has 0 spiro atoms. The first-order chi connectivity index (χ1) is 8.74. The Balaban J connectivity index is 2.04. The molecule has 2 heterocycles. The molecule has 18 heavy (non-hydrogen) atoms. The molecule has 3 rings (SSSR count). The maximum atomic E-state index is 13.6. The second-order valence-corrected chi connectivity index (χ2v) is 4.16. The second-order valence-electron chi connectivity index (χ2n) is 3.72. The number of rotatable bonds is 2. The van der Waals surface area contributed by atoms with E-state index in [0.29, 0.717) is 16.4 Å². The van der Waals surface area contributed by atoms with Crippen molar-refractivity contribution in [1.82, 2.24) is 15.2 Å². The molecule has 0 aliphatic carbocycles. The van der Waals surface area contributed by atoms with Crippen molar-refractivity contribution < 1.29 is 4.39 Å². The van der Waals surface area contributed by atoms with Gasteiger partial charge in [0.15, 0.2) is 5.82 Å². The molecule has 0 aliphatic rings. The molecule has 0 radical (unpaired) electrons. The third-order valence-corrected chi connectivity index (χ3v) is 2.74. The lowest BCUT2D eigenvalue weighted by atomic mass is 10.3. The Morgan fingerprint density at radius 1 is 1.28 bits per heavy atom. The summed E-state index contributed by atoms with van der Waals surface area (Å²) in [5.41, 5.74) is 1.70. The lowest BCUT2D eigenvalue weighted by Crippen LogP contribution is -1.95. The van der Waals surface area contributed by atoms with Crippen molar-refractivity contribution in [2.75, 3.05) is 5.32 Å². The number of nitrogens with one attached hydrogen (secondary N) is 2. The average Bonchev–Trinajstić information content (AvgIpc) is 2.78. The lowest BCUT2D eigenvalue weighted by molar-refractivity contribution is 0.632. The highest BCUT2D eigenvalue weighted by Crippen LogP contribution is 2.25. The highest BCUT2D eigenvalue weighted by molar-refractivity contribution is 6.30. The van der Waals surface area contributed by atoms with Crippen molar-refractivity contribution in [3.63, 3.8) is 0 Å². The van der Waals surface area contributed by atoms with Crippen molar-refractivity contribution in [2.45, 2.75) is 0 Å². The van der Waals surface area contributed by atoms with E-state index < -0.39 is 5.82 Å². The van der Waals surface area contributed by atoms with E-state index in [-0.39, 0.29) is 5.69 Å². The van der Waals surface area contributed by atoms with Crippen LogP contribution in [0.4, 0.5) is 15.9 Å². The zero-order valence-electron chi connectivity index (χ0n) is 9.11. The van der Waals surface area contributed by atoms with Gasteiger partial charge in [0.1, 0.15) is 11.3 Å². The molecule has 0 atom stereocenters. The Labute approximate surface area is 107 Å². The summed E-state index contributed by atoms with van der Waals surface area (Å²) in [6.45, 7) is 0. The molecule has 3 aromatic rings. The molecule has 6 heteroatoms. The minimum atomic E-state index is -0.397. The minimum absolute atomic E-state index is 0.265. The van der Waals surface area contributed by atoms with Gasteiger partial charge in [-0.1, -0.05) is 11.6 Å². The number of aromatic amines is 1. The molecule has 90 valence electrons. The summed E-state index contributed by atoms with van der Waals surface area (Å²) >= 11 is 5.82. The van der Waals surface area contributed by atoms with Crippen LogP contribution in [0.5, 0.6) is 0 Å². The molecule has 0 unspecified atom stereocenters. The fourth-order valence-corrected chi connectivity index (χ4v) is 1.83. The van der Waals surface area contributed by atoms with Gasteiger partial charge in [0.2, 0.25) is 0 Å². The molecular formula is C12H8ClFN4. The van der Waals surface area contributed by atoms with Gasteiger partial charge in [-0.2, -0.15) is 5.10 Å². The first-order valence-corrected chi connectivity index (χ1v) is 5.63. The zero-order chi connectivity index (χ0) is 12.5. The fraction of sp³-hybridized carbons (Fsp3) is 0. The Morgan fingerprint density at radius 2 is 2.17 bits per heavy atom. The number of nitrogens with zero attached hydrogens (tertiary/aromatic N) is 2. The van der Waals surface area contributed by atoms with Gasteiger partial charge in [-0.3, -0.25) is 10.1 Å². The summed E-state index contributed by atoms with van der Waals surface area (Å²) in [5, 5.41) is 10.2. The molecule has 2 aromatic heterocycles. The van der Waals surface area contributed by atoms with E-state index in [0.717, 1.165) is 5.52 Å². The Morgan fingerprint density at radius 3 is 3.06 bits per heavy atom. The molecule has 0 saturated carbocycles. The maximum Gasteiger partial charge on any atom is 0.178 e. The van der Waals surface area contributed by atoms with E-state index in [1.165, 1.54) is 18.2 Å². The van der Waals surface area contributed by atoms with E-state index in [1.54, 1.807) is 12.3 Å². The number of fused-ring (bicyclic) bond motifs is 1. The third-order valence-electron chi connectivity index (χ3n) is 2.50. The van der Waals surface area contributed by atoms with Crippen LogP contribution in [0.25, 0.3) is 11.0 Å². The molecule has 0 saturated heterocycles. The molecule has 0 aliphatic heterocycles. The Kier molecular flexibility index (Phi) is 2.60. The van der Waals surface area contributed by atoms with Crippen molar-refractivity contribution in [3.8, 4) is 0 Å². The van der Waals surface area contributed by atoms with Crippen LogP contribution in [0, 0.1) is 5.82 Å². The number of anilines is 2. The number of hydrogen-bond donors (Lipinski definition) is 2. The molecule has 0 bridgehead atoms. The maximum absolute atomic E-state index is 13.6. The summed E-state index contributed by atoms with van der Waals surface area (Å²) in [6.07, 6.45) is 1.65. The normalized spacial score (nSPS) is 10.8. The summed E-state index contributed by atoms with van der Waals surface area (Å²) in [4.78, 5) is 4.18. The van der Waals surface area contributed by atoms with E-state index in [4.69, 9.17) is 11.6 Å². The van der Waals surface area contributed by atoms with Crippen molar-refractivity contribution >= 4 is 34.1 Å². The van der Waals surface area contributed by atoms with Gasteiger partial charge < -0.3 is 5.32 Å². The van der Waals surface area contributed by atoms with Gasteiger partial charge in [-0.05, 0) is 30.3 Å². The van der Waals surface area contributed by atoms with Crippen LogP contribution in [0.1, 0.15) is 0 Å². The molecule has 0 amide bonds. The molecule has 1 aromatic carbocycles. The number of benzene rings is 1. The van der Waals surface area contributed by atoms with Gasteiger partial charge in [0.25, 0.3) is 0 Å². The summed E-state index contributed by atoms with van der Waals surface area (Å²) < 4.78 is 13.6. The van der Waals surface area contributed by atoms with Crippen LogP contribution in [-0.2, 0) is 0 Å². The van der Waals surface area contributed by atoms with Crippen LogP contribution in [0.3, 0.4) is 0 Å². The third kappa shape index (κ3) is 1.89. The van der Waals surface area contributed by atoms with Crippen LogP contribution in [0.15, 0.2) is 36.5 Å². The zero-order valence-corrected chi connectivity index (χ0v) is 9.87. The second kappa shape index (κ2) is 4.27. The summed E-state index contributed by atoms with van der Waals surface area (Å²) in [7, 11) is 0. The molecule has 4 nitrogen and oxygen atoms in total. The van der Waals surface area contributed by atoms with Crippen LogP contribution < -0.4 is 5.32 Å². The van der Waals surface area contributed by atoms with Crippen molar-refractivity contribution in [3.05, 3.63) is 47.4 Å². The predicted octanol–water partition coefficient (Wildman–Crippen LogP) is 3.49. The van der Waals surface area contributed by atoms with Gasteiger partial charge in [0, 0.05) is 11.2 Å². The summed E-state index contributed by atoms with van der Waals surface area (Å²) in [6, 6.07) is 7.93. The molecule has 0 fully saturated rings. The number of halogens is 2. The van der Waals surface area contributed by atoms with Gasteiger partial charge in [0.05, 0.1) is 11.2 Å². The van der Waals surface area contributed by atoms with E-state index >= 15 is 0 Å². The minimum Gasteiger partial charge on any atom is -0.334 e. The van der Waals surface area contributed by atoms with Crippen LogP contribution in [0.2, 0.25) is 5.02 Å². The van der Waals surface area contributed by atoms with E-state index in [1.807, 2.05) is 6.07 Å². The Hall–Kier alpha value is -2.14. The van der Waals surface area contributed by atoms with Crippen molar-refractivity contribution in [2.24, 2.45) is 0 Å². The van der Waals surface area contributed by atoms with Crippen LogP contribution >= 0.6 is 11.6 Å². The number of pyridine rings is 1. The van der Waals surface area contributed by atoms with Gasteiger partial charge >= 0.3 is 0 Å². The standard InChI is InChI=1S/C12H8ClFN4/c13-7-3-4-8(14)10(6-7)16-12-11-9(17-18-12)2-1-5-15-11/h1-6H,(H2,16,17,18). The van der Waals surface area contributed by atoms with Crippen LogP contribution in [-0.4, -0.2) is 15.2 Å². The van der Waals surface area contributed by atoms with E-state index in [9.17, 15) is 4.39 Å². The predicted molar refractivity (Wildman–Crippen MR) is 68.6 cm³/mol. The highest BCUT2D eigenvalue weighted by Gasteiger charge is 2.09. The fourth-order valence-electron chi connectivity index (χ4n) is 1.66. The monoisotopic (exact) mass is 262 g/mol. The van der Waals surface area contributed by atoms with Crippen molar-refractivity contribution in [1.29, 1.82) is 0 Å². The first kappa shape index (κ1) is 11.0.